The van der Waals surface area contributed by atoms with Crippen molar-refractivity contribution in [1.29, 1.82) is 0 Å². The predicted octanol–water partition coefficient (Wildman–Crippen LogP) is 2.79. The lowest BCUT2D eigenvalue weighted by Gasteiger charge is -2.27. The zero-order valence-electron chi connectivity index (χ0n) is 14.6. The van der Waals surface area contributed by atoms with Crippen LogP contribution in [0.1, 0.15) is 30.4 Å². The fourth-order valence-electron chi connectivity index (χ4n) is 4.57. The molecule has 1 amide bonds. The summed E-state index contributed by atoms with van der Waals surface area (Å²) < 4.78 is 27.9. The van der Waals surface area contributed by atoms with Crippen LogP contribution in [0.4, 0.5) is 0 Å². The molecule has 2 fully saturated rings. The Balaban J connectivity index is 1.45. The molecule has 2 aromatic rings. The second-order valence-electron chi connectivity index (χ2n) is 7.75. The lowest BCUT2D eigenvalue weighted by molar-refractivity contribution is -0.133. The number of benzene rings is 2. The minimum atomic E-state index is -3.53. The number of nitrogens with zero attached hydrogens (tertiary/aromatic N) is 1. The topological polar surface area (TPSA) is 66.5 Å². The van der Waals surface area contributed by atoms with E-state index in [2.05, 4.69) is 4.72 Å². The Hall–Kier alpha value is -1.89. The highest BCUT2D eigenvalue weighted by molar-refractivity contribution is 7.89. The largest absolute Gasteiger partial charge is 0.340 e. The molecule has 1 unspecified atom stereocenters. The second-order valence-corrected chi connectivity index (χ2v) is 9.84. The number of halogens is 1. The fourth-order valence-corrected chi connectivity index (χ4v) is 6.41. The maximum absolute atomic E-state index is 13.3. The van der Waals surface area contributed by atoms with Gasteiger partial charge in [-0.1, -0.05) is 41.9 Å². The van der Waals surface area contributed by atoms with Gasteiger partial charge in [0.15, 0.2) is 0 Å². The van der Waals surface area contributed by atoms with Crippen LogP contribution in [-0.2, 0) is 25.8 Å². The molecule has 27 heavy (non-hydrogen) atoms. The van der Waals surface area contributed by atoms with Gasteiger partial charge in [0.05, 0.1) is 15.8 Å². The summed E-state index contributed by atoms with van der Waals surface area (Å²) in [6.45, 7) is 0.919. The van der Waals surface area contributed by atoms with Crippen molar-refractivity contribution >= 4 is 27.5 Å². The summed E-state index contributed by atoms with van der Waals surface area (Å²) in [4.78, 5) is 15.5. The number of rotatable bonds is 2. The van der Waals surface area contributed by atoms with Crippen molar-refractivity contribution in [3.05, 3.63) is 64.7 Å². The van der Waals surface area contributed by atoms with Gasteiger partial charge >= 0.3 is 0 Å². The molecule has 7 heteroatoms. The first-order valence-corrected chi connectivity index (χ1v) is 10.9. The summed E-state index contributed by atoms with van der Waals surface area (Å²) >= 11 is 5.98. The molecule has 1 atom stereocenters. The number of amides is 1. The first kappa shape index (κ1) is 17.2. The molecule has 2 heterocycles. The van der Waals surface area contributed by atoms with Crippen LogP contribution in [0.3, 0.4) is 0 Å². The van der Waals surface area contributed by atoms with Gasteiger partial charge in [-0.05, 0) is 48.6 Å². The monoisotopic (exact) mass is 402 g/mol. The number of carbonyl (C=O) groups is 1. The lowest BCUT2D eigenvalue weighted by Crippen LogP contribution is -2.45. The third kappa shape index (κ3) is 2.47. The van der Waals surface area contributed by atoms with E-state index in [0.29, 0.717) is 29.4 Å². The number of hydrogen-bond acceptors (Lipinski definition) is 3. The van der Waals surface area contributed by atoms with E-state index in [-0.39, 0.29) is 5.91 Å². The van der Waals surface area contributed by atoms with Crippen molar-refractivity contribution in [2.75, 3.05) is 13.1 Å². The number of likely N-dealkylation sites (tertiary alicyclic amines) is 1. The van der Waals surface area contributed by atoms with Gasteiger partial charge in [0.25, 0.3) is 0 Å². The Morgan fingerprint density at radius 1 is 1.04 bits per heavy atom. The van der Waals surface area contributed by atoms with Crippen molar-refractivity contribution in [3.63, 3.8) is 0 Å². The van der Waals surface area contributed by atoms with Crippen molar-refractivity contribution in [2.24, 2.45) is 0 Å². The lowest BCUT2D eigenvalue weighted by atomic mass is 9.90. The molecule has 3 aliphatic rings. The smallest absolute Gasteiger partial charge is 0.241 e. The number of hydrogen-bond donors (Lipinski definition) is 1. The highest BCUT2D eigenvalue weighted by Gasteiger charge is 2.57. The standard InChI is InChI=1S/C20H19ClN2O3S/c21-15-7-5-14(6-8-15)19(9-10-19)18(24)23-12-11-20(13-23)16-3-1-2-4-17(16)27(25,26)22-20/h1-8,22H,9-13H2. The molecule has 5 rings (SSSR count). The van der Waals surface area contributed by atoms with Gasteiger partial charge in [0.2, 0.25) is 15.9 Å². The first-order chi connectivity index (χ1) is 12.9. The van der Waals surface area contributed by atoms with Crippen molar-refractivity contribution in [2.45, 2.75) is 35.1 Å². The van der Waals surface area contributed by atoms with Crippen molar-refractivity contribution in [1.82, 2.24) is 9.62 Å². The van der Waals surface area contributed by atoms with Crippen molar-refractivity contribution < 1.29 is 13.2 Å². The number of fused-ring (bicyclic) bond motifs is 2. The van der Waals surface area contributed by atoms with Gasteiger partial charge in [-0.2, -0.15) is 4.72 Å². The summed E-state index contributed by atoms with van der Waals surface area (Å²) in [5, 5.41) is 0.652. The molecule has 1 spiro atoms. The molecule has 0 bridgehead atoms. The van der Waals surface area contributed by atoms with Crippen LogP contribution in [0, 0.1) is 0 Å². The second kappa shape index (κ2) is 5.56. The Morgan fingerprint density at radius 2 is 1.74 bits per heavy atom. The van der Waals surface area contributed by atoms with Crippen LogP contribution in [0.2, 0.25) is 5.02 Å². The van der Waals surface area contributed by atoms with E-state index in [1.807, 2.05) is 41.3 Å². The van der Waals surface area contributed by atoms with Crippen LogP contribution in [0.15, 0.2) is 53.4 Å². The van der Waals surface area contributed by atoms with E-state index in [0.717, 1.165) is 24.0 Å². The van der Waals surface area contributed by atoms with Gasteiger partial charge in [-0.15, -0.1) is 0 Å². The molecule has 0 radical (unpaired) electrons. The third-order valence-corrected chi connectivity index (χ3v) is 7.98. The summed E-state index contributed by atoms with van der Waals surface area (Å²) in [7, 11) is -3.53. The number of nitrogens with one attached hydrogen (secondary N) is 1. The van der Waals surface area contributed by atoms with Crippen LogP contribution in [-0.4, -0.2) is 32.3 Å². The molecule has 1 N–H and O–H groups in total. The SMILES string of the molecule is O=C(N1CCC2(C1)NS(=O)(=O)c1ccccc12)C1(c2ccc(Cl)cc2)CC1. The van der Waals surface area contributed by atoms with Gasteiger partial charge < -0.3 is 4.90 Å². The molecule has 0 aromatic heterocycles. The highest BCUT2D eigenvalue weighted by atomic mass is 35.5. The quantitative estimate of drug-likeness (QED) is 0.839. The predicted molar refractivity (Wildman–Crippen MR) is 102 cm³/mol. The molecular weight excluding hydrogens is 384 g/mol. The maximum atomic E-state index is 13.3. The Morgan fingerprint density at radius 3 is 2.44 bits per heavy atom. The van der Waals surface area contributed by atoms with Crippen LogP contribution < -0.4 is 4.72 Å². The minimum absolute atomic E-state index is 0.0882. The van der Waals surface area contributed by atoms with Crippen molar-refractivity contribution in [3.8, 4) is 0 Å². The molecule has 1 saturated carbocycles. The zero-order chi connectivity index (χ0) is 18.9. The molecule has 1 aliphatic carbocycles. The Kier molecular flexibility index (Phi) is 3.55. The molecule has 1 saturated heterocycles. The van der Waals surface area contributed by atoms with Gasteiger partial charge in [0.1, 0.15) is 0 Å². The van der Waals surface area contributed by atoms with E-state index >= 15 is 0 Å². The van der Waals surface area contributed by atoms with Crippen LogP contribution in [0.25, 0.3) is 0 Å². The fraction of sp³-hybridized carbons (Fsp3) is 0.350. The zero-order valence-corrected chi connectivity index (χ0v) is 16.2. The van der Waals surface area contributed by atoms with Gasteiger partial charge in [0, 0.05) is 18.1 Å². The summed E-state index contributed by atoms with van der Waals surface area (Å²) in [5.74, 6) is 0.0882. The van der Waals surface area contributed by atoms with E-state index in [1.54, 1.807) is 12.1 Å². The third-order valence-electron chi connectivity index (χ3n) is 6.13. The average Bonchev–Trinajstić information content (AvgIpc) is 3.31. The Bertz CT molecular complexity index is 1050. The van der Waals surface area contributed by atoms with E-state index in [1.165, 1.54) is 0 Å². The van der Waals surface area contributed by atoms with Gasteiger partial charge in [-0.25, -0.2) is 8.42 Å². The van der Waals surface area contributed by atoms with E-state index < -0.39 is 21.0 Å². The maximum Gasteiger partial charge on any atom is 0.241 e. The van der Waals surface area contributed by atoms with E-state index in [9.17, 15) is 13.2 Å². The Labute approximate surface area is 163 Å². The molecule has 2 aliphatic heterocycles. The van der Waals surface area contributed by atoms with Crippen LogP contribution in [0.5, 0.6) is 0 Å². The number of sulfonamides is 1. The van der Waals surface area contributed by atoms with Crippen LogP contribution >= 0.6 is 11.6 Å². The summed E-state index contributed by atoms with van der Waals surface area (Å²) in [5.41, 5.74) is 0.579. The summed E-state index contributed by atoms with van der Waals surface area (Å²) in [6, 6.07) is 14.5. The van der Waals surface area contributed by atoms with E-state index in [4.69, 9.17) is 11.6 Å². The molecule has 5 nitrogen and oxygen atoms in total. The average molecular weight is 403 g/mol. The summed E-state index contributed by atoms with van der Waals surface area (Å²) in [6.07, 6.45) is 2.23. The first-order valence-electron chi connectivity index (χ1n) is 9.05. The molecule has 140 valence electrons. The minimum Gasteiger partial charge on any atom is -0.340 e. The molecule has 2 aromatic carbocycles. The molecular formula is C20H19ClN2O3S. The normalized spacial score (nSPS) is 26.9. The highest BCUT2D eigenvalue weighted by Crippen LogP contribution is 2.51. The number of carbonyl (C=O) groups excluding carboxylic acids is 1. The van der Waals surface area contributed by atoms with Gasteiger partial charge in [-0.3, -0.25) is 4.79 Å².